The molecule has 1 aromatic heterocycles. The monoisotopic (exact) mass is 288 g/mol. The fraction of sp³-hybridized carbons (Fsp3) is 0.353. The Morgan fingerprint density at radius 2 is 2.00 bits per heavy atom. The van der Waals surface area contributed by atoms with Crippen LogP contribution in [0.1, 0.15) is 41.8 Å². The highest BCUT2D eigenvalue weighted by Crippen LogP contribution is 2.25. The standard InChI is InChI=1S/C17H21ClN2/c1-4-9-19-17(16-8-7-14(18)11-20-16)15-10-12(2)5-6-13(15)3/h5-8,10-11,17,19H,4,9H2,1-3H3. The summed E-state index contributed by atoms with van der Waals surface area (Å²) in [6.07, 6.45) is 2.80. The maximum atomic E-state index is 5.94. The fourth-order valence-corrected chi connectivity index (χ4v) is 2.40. The lowest BCUT2D eigenvalue weighted by Crippen LogP contribution is -2.24. The molecule has 1 heterocycles. The van der Waals surface area contributed by atoms with Crippen LogP contribution in [0.4, 0.5) is 0 Å². The molecule has 3 heteroatoms. The van der Waals surface area contributed by atoms with Crippen molar-refractivity contribution in [2.24, 2.45) is 0 Å². The van der Waals surface area contributed by atoms with Gasteiger partial charge in [-0.3, -0.25) is 4.98 Å². The summed E-state index contributed by atoms with van der Waals surface area (Å²) in [6.45, 7) is 7.39. The summed E-state index contributed by atoms with van der Waals surface area (Å²) in [5.41, 5.74) is 4.84. The van der Waals surface area contributed by atoms with E-state index in [1.165, 1.54) is 16.7 Å². The van der Waals surface area contributed by atoms with Gasteiger partial charge < -0.3 is 5.32 Å². The third-order valence-corrected chi connectivity index (χ3v) is 3.61. The van der Waals surface area contributed by atoms with Crippen LogP contribution in [0, 0.1) is 13.8 Å². The second kappa shape index (κ2) is 6.87. The molecule has 0 radical (unpaired) electrons. The van der Waals surface area contributed by atoms with E-state index in [0.717, 1.165) is 18.7 Å². The van der Waals surface area contributed by atoms with Gasteiger partial charge in [0.15, 0.2) is 0 Å². The van der Waals surface area contributed by atoms with Crippen molar-refractivity contribution >= 4 is 11.6 Å². The van der Waals surface area contributed by atoms with Crippen molar-refractivity contribution in [1.82, 2.24) is 10.3 Å². The molecule has 0 saturated heterocycles. The van der Waals surface area contributed by atoms with Crippen molar-refractivity contribution in [2.45, 2.75) is 33.2 Å². The Balaban J connectivity index is 2.41. The van der Waals surface area contributed by atoms with Gasteiger partial charge in [-0.1, -0.05) is 42.3 Å². The molecule has 0 aliphatic carbocycles. The van der Waals surface area contributed by atoms with Gasteiger partial charge in [0.25, 0.3) is 0 Å². The van der Waals surface area contributed by atoms with Crippen molar-refractivity contribution in [3.05, 3.63) is 63.9 Å². The maximum absolute atomic E-state index is 5.94. The molecule has 0 aliphatic heterocycles. The van der Waals surface area contributed by atoms with Crippen molar-refractivity contribution in [2.75, 3.05) is 6.54 Å². The topological polar surface area (TPSA) is 24.9 Å². The largest absolute Gasteiger partial charge is 0.305 e. The van der Waals surface area contributed by atoms with Gasteiger partial charge in [-0.25, -0.2) is 0 Å². The normalized spacial score (nSPS) is 12.4. The van der Waals surface area contributed by atoms with E-state index in [9.17, 15) is 0 Å². The van der Waals surface area contributed by atoms with E-state index in [1.54, 1.807) is 6.20 Å². The molecule has 20 heavy (non-hydrogen) atoms. The molecule has 0 bridgehead atoms. The highest BCUT2D eigenvalue weighted by Gasteiger charge is 2.16. The minimum atomic E-state index is 0.118. The fourth-order valence-electron chi connectivity index (χ4n) is 2.29. The molecule has 1 aromatic carbocycles. The first-order valence-corrected chi connectivity index (χ1v) is 7.41. The SMILES string of the molecule is CCCNC(c1ccc(Cl)cn1)c1cc(C)ccc1C. The Morgan fingerprint density at radius 3 is 2.65 bits per heavy atom. The van der Waals surface area contributed by atoms with Gasteiger partial charge in [0, 0.05) is 6.20 Å². The number of aryl methyl sites for hydroxylation is 2. The molecule has 1 atom stereocenters. The third kappa shape index (κ3) is 3.59. The first-order valence-electron chi connectivity index (χ1n) is 7.03. The second-order valence-electron chi connectivity index (χ2n) is 5.15. The lowest BCUT2D eigenvalue weighted by atomic mass is 9.96. The van der Waals surface area contributed by atoms with Gasteiger partial charge in [0.1, 0.15) is 0 Å². The zero-order valence-corrected chi connectivity index (χ0v) is 13.0. The molecule has 2 rings (SSSR count). The van der Waals surface area contributed by atoms with Gasteiger partial charge in [0.2, 0.25) is 0 Å². The summed E-state index contributed by atoms with van der Waals surface area (Å²) in [5.74, 6) is 0. The van der Waals surface area contributed by atoms with E-state index in [0.29, 0.717) is 5.02 Å². The van der Waals surface area contributed by atoms with Crippen molar-refractivity contribution < 1.29 is 0 Å². The average Bonchev–Trinajstić information content (AvgIpc) is 2.44. The molecule has 2 aromatic rings. The summed E-state index contributed by atoms with van der Waals surface area (Å²) < 4.78 is 0. The molecule has 0 aliphatic rings. The Hall–Kier alpha value is -1.38. The van der Waals surface area contributed by atoms with Crippen LogP contribution in [0.15, 0.2) is 36.5 Å². The Labute approximate surface area is 126 Å². The zero-order valence-electron chi connectivity index (χ0n) is 12.3. The van der Waals surface area contributed by atoms with Gasteiger partial charge in [-0.15, -0.1) is 0 Å². The van der Waals surface area contributed by atoms with Crippen LogP contribution in [0.2, 0.25) is 5.02 Å². The Kier molecular flexibility index (Phi) is 5.16. The van der Waals surface area contributed by atoms with Gasteiger partial charge in [0.05, 0.1) is 16.8 Å². The lowest BCUT2D eigenvalue weighted by Gasteiger charge is -2.21. The summed E-state index contributed by atoms with van der Waals surface area (Å²) in [7, 11) is 0. The number of rotatable bonds is 5. The number of pyridine rings is 1. The van der Waals surface area contributed by atoms with Gasteiger partial charge >= 0.3 is 0 Å². The Morgan fingerprint density at radius 1 is 1.20 bits per heavy atom. The number of nitrogens with zero attached hydrogens (tertiary/aromatic N) is 1. The van der Waals surface area contributed by atoms with Crippen LogP contribution >= 0.6 is 11.6 Å². The first kappa shape index (κ1) is 15.0. The molecule has 1 N–H and O–H groups in total. The Bertz CT molecular complexity index is 564. The predicted octanol–water partition coefficient (Wildman–Crippen LogP) is 4.44. The van der Waals surface area contributed by atoms with E-state index in [-0.39, 0.29) is 6.04 Å². The van der Waals surface area contributed by atoms with Crippen molar-refractivity contribution in [1.29, 1.82) is 0 Å². The zero-order chi connectivity index (χ0) is 14.5. The van der Waals surface area contributed by atoms with Crippen LogP contribution < -0.4 is 5.32 Å². The van der Waals surface area contributed by atoms with E-state index in [4.69, 9.17) is 11.6 Å². The molecule has 2 nitrogen and oxygen atoms in total. The predicted molar refractivity (Wildman–Crippen MR) is 85.3 cm³/mol. The smallest absolute Gasteiger partial charge is 0.0754 e. The molecule has 0 amide bonds. The highest BCUT2D eigenvalue weighted by atomic mass is 35.5. The van der Waals surface area contributed by atoms with Crippen LogP contribution in [0.3, 0.4) is 0 Å². The summed E-state index contributed by atoms with van der Waals surface area (Å²) in [5, 5.41) is 4.25. The third-order valence-electron chi connectivity index (χ3n) is 3.39. The second-order valence-corrected chi connectivity index (χ2v) is 5.58. The quantitative estimate of drug-likeness (QED) is 0.880. The molecule has 106 valence electrons. The molecular weight excluding hydrogens is 268 g/mol. The minimum Gasteiger partial charge on any atom is -0.305 e. The summed E-state index contributed by atoms with van der Waals surface area (Å²) >= 11 is 5.94. The van der Waals surface area contributed by atoms with E-state index in [1.807, 2.05) is 12.1 Å². The number of benzene rings is 1. The number of aromatic nitrogens is 1. The molecule has 0 fully saturated rings. The molecule has 0 saturated carbocycles. The number of hydrogen-bond acceptors (Lipinski definition) is 2. The summed E-state index contributed by atoms with van der Waals surface area (Å²) in [4.78, 5) is 4.48. The van der Waals surface area contributed by atoms with E-state index < -0.39 is 0 Å². The first-order chi connectivity index (χ1) is 9.61. The number of halogens is 1. The van der Waals surface area contributed by atoms with Crippen LogP contribution in [0.25, 0.3) is 0 Å². The van der Waals surface area contributed by atoms with Crippen molar-refractivity contribution in [3.63, 3.8) is 0 Å². The van der Waals surface area contributed by atoms with Crippen LogP contribution in [0.5, 0.6) is 0 Å². The molecule has 0 spiro atoms. The lowest BCUT2D eigenvalue weighted by molar-refractivity contribution is 0.584. The highest BCUT2D eigenvalue weighted by molar-refractivity contribution is 6.30. The molecule has 1 unspecified atom stereocenters. The van der Waals surface area contributed by atoms with Crippen molar-refractivity contribution in [3.8, 4) is 0 Å². The van der Waals surface area contributed by atoms with Gasteiger partial charge in [-0.05, 0) is 50.1 Å². The average molecular weight is 289 g/mol. The number of hydrogen-bond donors (Lipinski definition) is 1. The minimum absolute atomic E-state index is 0.118. The maximum Gasteiger partial charge on any atom is 0.0754 e. The van der Waals surface area contributed by atoms with Crippen LogP contribution in [-0.2, 0) is 0 Å². The van der Waals surface area contributed by atoms with Gasteiger partial charge in [-0.2, -0.15) is 0 Å². The van der Waals surface area contributed by atoms with Crippen LogP contribution in [-0.4, -0.2) is 11.5 Å². The number of nitrogens with one attached hydrogen (secondary N) is 1. The van der Waals surface area contributed by atoms with E-state index in [2.05, 4.69) is 49.3 Å². The molecular formula is C17H21ClN2. The summed E-state index contributed by atoms with van der Waals surface area (Å²) in [6, 6.07) is 10.6. The van der Waals surface area contributed by atoms with E-state index >= 15 is 0 Å².